The van der Waals surface area contributed by atoms with Gasteiger partial charge in [-0.2, -0.15) is 0 Å². The number of nitrogens with zero attached hydrogens (tertiary/aromatic N) is 1. The molecule has 0 radical (unpaired) electrons. The molecule has 156 valence electrons. The number of ether oxygens (including phenoxy) is 1. The summed E-state index contributed by atoms with van der Waals surface area (Å²) < 4.78 is 33.3. The van der Waals surface area contributed by atoms with E-state index in [0.29, 0.717) is 13.2 Å². The maximum Gasteiger partial charge on any atom is 0.124 e. The van der Waals surface area contributed by atoms with Gasteiger partial charge in [0.25, 0.3) is 0 Å². The molecule has 0 amide bonds. The van der Waals surface area contributed by atoms with Crippen molar-refractivity contribution in [2.45, 2.75) is 25.1 Å². The molecule has 6 heteroatoms. The first-order valence-electron chi connectivity index (χ1n) is 10.3. The van der Waals surface area contributed by atoms with Gasteiger partial charge in [0.15, 0.2) is 0 Å². The Bertz CT molecular complexity index is 837. The molecular weight excluding hydrogens is 374 g/mol. The van der Waals surface area contributed by atoms with Crippen molar-refractivity contribution in [3.63, 3.8) is 0 Å². The van der Waals surface area contributed by atoms with Crippen LogP contribution in [-0.2, 0) is 12.0 Å². The third kappa shape index (κ3) is 3.83. The molecule has 0 bridgehead atoms. The van der Waals surface area contributed by atoms with Crippen molar-refractivity contribution in [2.75, 3.05) is 39.5 Å². The molecule has 0 unspecified atom stereocenters. The Morgan fingerprint density at radius 3 is 2.69 bits per heavy atom. The summed E-state index contributed by atoms with van der Waals surface area (Å²) in [6.07, 6.45) is -0.410. The van der Waals surface area contributed by atoms with Crippen molar-refractivity contribution in [3.05, 3.63) is 59.2 Å². The van der Waals surface area contributed by atoms with E-state index in [1.54, 1.807) is 19.1 Å². The molecule has 2 aliphatic rings. The number of alkyl halides is 2. The number of aromatic hydroxyl groups is 1. The number of likely N-dealkylation sites (tertiary alicyclic amines) is 1. The zero-order valence-electron chi connectivity index (χ0n) is 16.7. The molecule has 0 saturated carbocycles. The molecule has 1 fully saturated rings. The van der Waals surface area contributed by atoms with Crippen molar-refractivity contribution in [1.82, 2.24) is 10.2 Å². The molecule has 4 rings (SSSR count). The Hall–Kier alpha value is -2.18. The van der Waals surface area contributed by atoms with Crippen LogP contribution in [0.5, 0.6) is 11.5 Å². The third-order valence-corrected chi connectivity index (χ3v) is 6.15. The van der Waals surface area contributed by atoms with E-state index >= 15 is 4.39 Å². The molecule has 0 spiro atoms. The number of hydrogen-bond acceptors (Lipinski definition) is 4. The van der Waals surface area contributed by atoms with Crippen LogP contribution >= 0.6 is 0 Å². The summed E-state index contributed by atoms with van der Waals surface area (Å²) in [5.74, 6) is 1.12. The summed E-state index contributed by atoms with van der Waals surface area (Å²) in [6, 6.07) is 12.7. The lowest BCUT2D eigenvalue weighted by atomic mass is 9.74. The van der Waals surface area contributed by atoms with Crippen LogP contribution in [0.2, 0.25) is 0 Å². The fourth-order valence-electron chi connectivity index (χ4n) is 4.57. The number of hydrogen-bond donors (Lipinski definition) is 2. The summed E-state index contributed by atoms with van der Waals surface area (Å²) in [6.45, 7) is 4.89. The molecule has 29 heavy (non-hydrogen) atoms. The first kappa shape index (κ1) is 20.1. The molecule has 4 nitrogen and oxygen atoms in total. The normalized spacial score (nSPS) is 23.3. The van der Waals surface area contributed by atoms with Crippen LogP contribution in [-0.4, -0.2) is 55.6 Å². The average Bonchev–Trinajstić information content (AvgIpc) is 2.69. The Morgan fingerprint density at radius 2 is 2.00 bits per heavy atom. The van der Waals surface area contributed by atoms with E-state index in [0.717, 1.165) is 48.5 Å². The van der Waals surface area contributed by atoms with Crippen LogP contribution in [0.15, 0.2) is 42.5 Å². The highest BCUT2D eigenvalue weighted by Crippen LogP contribution is 2.40. The van der Waals surface area contributed by atoms with Gasteiger partial charge in [0.05, 0.1) is 6.67 Å². The second-order valence-electron chi connectivity index (χ2n) is 8.09. The van der Waals surface area contributed by atoms with Crippen LogP contribution in [0, 0.1) is 5.92 Å². The summed E-state index contributed by atoms with van der Waals surface area (Å²) in [4.78, 5) is 2.18. The molecule has 2 N–H and O–H groups in total. The predicted octanol–water partition coefficient (Wildman–Crippen LogP) is 3.42. The summed E-state index contributed by atoms with van der Waals surface area (Å²) in [5.41, 5.74) is 1.72. The van der Waals surface area contributed by atoms with E-state index in [-0.39, 0.29) is 18.3 Å². The van der Waals surface area contributed by atoms with Crippen molar-refractivity contribution < 1.29 is 18.6 Å². The maximum absolute atomic E-state index is 15.0. The van der Waals surface area contributed by atoms with Crippen LogP contribution in [0.3, 0.4) is 0 Å². The first-order chi connectivity index (χ1) is 14.0. The Balaban J connectivity index is 1.48. The van der Waals surface area contributed by atoms with Gasteiger partial charge in [-0.15, -0.1) is 0 Å². The van der Waals surface area contributed by atoms with E-state index in [2.05, 4.69) is 10.2 Å². The van der Waals surface area contributed by atoms with Gasteiger partial charge in [0.2, 0.25) is 0 Å². The minimum absolute atomic E-state index is 0.181. The molecule has 2 aromatic rings. The minimum atomic E-state index is -1.16. The standard InChI is InChI=1S/C23H28F2N2O2/c1-16(25)23(22-7-4-20(28)12-18(22)8-9-26-23)19-2-5-21(6-3-19)29-11-10-27-14-17(13-24)15-27/h2-7,12,16-17,26,28H,8-11,13-15H2,1H3/t16-,23+/m0/s1. The number of fused-ring (bicyclic) bond motifs is 1. The van der Waals surface area contributed by atoms with E-state index in [1.165, 1.54) is 0 Å². The van der Waals surface area contributed by atoms with Crippen molar-refractivity contribution >= 4 is 0 Å². The topological polar surface area (TPSA) is 44.7 Å². The lowest BCUT2D eigenvalue weighted by Crippen LogP contribution is -2.53. The fourth-order valence-corrected chi connectivity index (χ4v) is 4.57. The van der Waals surface area contributed by atoms with Crippen molar-refractivity contribution in [2.24, 2.45) is 5.92 Å². The Labute approximate surface area is 170 Å². The van der Waals surface area contributed by atoms with Gasteiger partial charge in [-0.1, -0.05) is 18.2 Å². The van der Waals surface area contributed by atoms with Gasteiger partial charge in [-0.25, -0.2) is 4.39 Å². The zero-order valence-corrected chi connectivity index (χ0v) is 16.7. The molecule has 2 aliphatic heterocycles. The second kappa shape index (κ2) is 8.28. The monoisotopic (exact) mass is 402 g/mol. The Morgan fingerprint density at radius 1 is 1.24 bits per heavy atom. The minimum Gasteiger partial charge on any atom is -0.508 e. The van der Waals surface area contributed by atoms with Crippen molar-refractivity contribution in [3.8, 4) is 11.5 Å². The van der Waals surface area contributed by atoms with Gasteiger partial charge in [0, 0.05) is 32.1 Å². The third-order valence-electron chi connectivity index (χ3n) is 6.15. The summed E-state index contributed by atoms with van der Waals surface area (Å²) in [7, 11) is 0. The SMILES string of the molecule is C[C@H](F)[C@]1(c2ccc(OCCN3CC(CF)C3)cc2)NCCc2cc(O)ccc21. The van der Waals surface area contributed by atoms with E-state index in [1.807, 2.05) is 30.3 Å². The summed E-state index contributed by atoms with van der Waals surface area (Å²) >= 11 is 0. The van der Waals surface area contributed by atoms with Crippen LogP contribution in [0.4, 0.5) is 8.78 Å². The largest absolute Gasteiger partial charge is 0.508 e. The molecule has 2 atom stereocenters. The van der Waals surface area contributed by atoms with Gasteiger partial charge in [-0.3, -0.25) is 9.29 Å². The quantitative estimate of drug-likeness (QED) is 0.745. The smallest absolute Gasteiger partial charge is 0.124 e. The van der Waals surface area contributed by atoms with Gasteiger partial charge >= 0.3 is 0 Å². The zero-order chi connectivity index (χ0) is 20.4. The number of benzene rings is 2. The number of phenols is 1. The number of phenolic OH excluding ortho intramolecular Hbond substituents is 1. The molecule has 0 aliphatic carbocycles. The first-order valence-corrected chi connectivity index (χ1v) is 10.3. The lowest BCUT2D eigenvalue weighted by molar-refractivity contribution is 0.0668. The molecule has 2 heterocycles. The van der Waals surface area contributed by atoms with Crippen LogP contribution in [0.25, 0.3) is 0 Å². The van der Waals surface area contributed by atoms with Gasteiger partial charge in [-0.05, 0) is 54.3 Å². The molecular formula is C23H28F2N2O2. The highest BCUT2D eigenvalue weighted by atomic mass is 19.1. The van der Waals surface area contributed by atoms with Gasteiger partial charge < -0.3 is 15.2 Å². The number of halogens is 2. The summed E-state index contributed by atoms with van der Waals surface area (Å²) in [5, 5.41) is 13.2. The van der Waals surface area contributed by atoms with E-state index in [9.17, 15) is 9.50 Å². The van der Waals surface area contributed by atoms with Crippen LogP contribution in [0.1, 0.15) is 23.6 Å². The molecule has 0 aromatic heterocycles. The van der Waals surface area contributed by atoms with Crippen molar-refractivity contribution in [1.29, 1.82) is 0 Å². The number of rotatable bonds is 7. The average molecular weight is 402 g/mol. The lowest BCUT2D eigenvalue weighted by Gasteiger charge is -2.42. The maximum atomic E-state index is 15.0. The molecule has 2 aromatic carbocycles. The fraction of sp³-hybridized carbons (Fsp3) is 0.478. The van der Waals surface area contributed by atoms with E-state index in [4.69, 9.17) is 4.74 Å². The van der Waals surface area contributed by atoms with E-state index < -0.39 is 11.7 Å². The molecule has 1 saturated heterocycles. The Kier molecular flexibility index (Phi) is 5.74. The highest BCUT2D eigenvalue weighted by Gasteiger charge is 2.43. The van der Waals surface area contributed by atoms with Gasteiger partial charge in [0.1, 0.15) is 29.8 Å². The second-order valence-corrected chi connectivity index (χ2v) is 8.09. The van der Waals surface area contributed by atoms with Crippen LogP contribution < -0.4 is 10.1 Å². The predicted molar refractivity (Wildman–Crippen MR) is 109 cm³/mol. The highest BCUT2D eigenvalue weighted by molar-refractivity contribution is 5.49. The number of nitrogens with one attached hydrogen (secondary N) is 1.